The second kappa shape index (κ2) is 10.7. The van der Waals surface area contributed by atoms with Crippen LogP contribution in [0.5, 0.6) is 0 Å². The monoisotopic (exact) mass is 472 g/mol. The van der Waals surface area contributed by atoms with E-state index >= 15 is 0 Å². The maximum atomic E-state index is 13.7. The molecular weight excluding hydrogens is 447 g/mol. The average Bonchev–Trinajstić information content (AvgIpc) is 2.86. The standard InChI is InChI=1S/C29H26ClO2P/c1-2-32-29(31)28(22-23-13-12-14-24(30)21-23)33(25-15-6-3-7-16-25,26-17-8-4-9-18-26)27-19-10-5-11-20-27/h3-21H,2,22H2,1H3. The van der Waals surface area contributed by atoms with E-state index in [2.05, 4.69) is 36.4 Å². The van der Waals surface area contributed by atoms with Crippen LogP contribution in [-0.4, -0.2) is 17.9 Å². The van der Waals surface area contributed by atoms with E-state index in [1.54, 1.807) is 0 Å². The molecule has 0 amide bonds. The molecule has 0 heterocycles. The summed E-state index contributed by atoms with van der Waals surface area (Å²) in [5, 5.41) is 4.77. The first kappa shape index (κ1) is 23.1. The fourth-order valence-electron chi connectivity index (χ4n) is 4.25. The third kappa shape index (κ3) is 4.83. The molecule has 2 nitrogen and oxygen atoms in total. The molecule has 0 fully saturated rings. The van der Waals surface area contributed by atoms with Crippen molar-refractivity contribution in [1.29, 1.82) is 0 Å². The smallest absolute Gasteiger partial charge is 0.335 e. The molecule has 0 radical (unpaired) electrons. The Kier molecular flexibility index (Phi) is 7.50. The van der Waals surface area contributed by atoms with Crippen LogP contribution in [0, 0.1) is 0 Å². The number of hydrogen-bond donors (Lipinski definition) is 0. The van der Waals surface area contributed by atoms with E-state index in [0.29, 0.717) is 18.1 Å². The van der Waals surface area contributed by atoms with Crippen molar-refractivity contribution in [3.63, 3.8) is 0 Å². The van der Waals surface area contributed by atoms with Crippen LogP contribution in [0.2, 0.25) is 5.02 Å². The van der Waals surface area contributed by atoms with E-state index in [1.165, 1.54) is 0 Å². The van der Waals surface area contributed by atoms with Crippen LogP contribution in [0.3, 0.4) is 0 Å². The average molecular weight is 473 g/mol. The molecule has 0 saturated carbocycles. The zero-order valence-corrected chi connectivity index (χ0v) is 20.2. The number of esters is 1. The Morgan fingerprint density at radius 1 is 0.727 bits per heavy atom. The lowest BCUT2D eigenvalue weighted by molar-refractivity contribution is -0.134. The fourth-order valence-corrected chi connectivity index (χ4v) is 8.91. The molecule has 4 aromatic carbocycles. The van der Waals surface area contributed by atoms with E-state index in [-0.39, 0.29) is 5.97 Å². The summed E-state index contributed by atoms with van der Waals surface area (Å²) >= 11 is 6.32. The Labute approximate surface area is 200 Å². The minimum atomic E-state index is -2.53. The topological polar surface area (TPSA) is 26.3 Å². The number of benzene rings is 4. The number of ether oxygens (including phenoxy) is 1. The largest absolute Gasteiger partial charge is 0.463 e. The van der Waals surface area contributed by atoms with Crippen LogP contribution in [0.4, 0.5) is 0 Å². The third-order valence-corrected chi connectivity index (χ3v) is 10.2. The fraction of sp³-hybridized carbons (Fsp3) is 0.103. The predicted octanol–water partition coefficient (Wildman–Crippen LogP) is 5.61. The van der Waals surface area contributed by atoms with Crippen molar-refractivity contribution in [2.45, 2.75) is 13.3 Å². The van der Waals surface area contributed by atoms with E-state index < -0.39 is 6.89 Å². The molecule has 0 N–H and O–H groups in total. The molecule has 0 spiro atoms. The quantitative estimate of drug-likeness (QED) is 0.258. The molecule has 0 aliphatic carbocycles. The number of carbonyl (C=O) groups excluding carboxylic acids is 1. The Morgan fingerprint density at radius 3 is 1.64 bits per heavy atom. The highest BCUT2D eigenvalue weighted by Gasteiger charge is 2.33. The van der Waals surface area contributed by atoms with Gasteiger partial charge < -0.3 is 4.74 Å². The van der Waals surface area contributed by atoms with Gasteiger partial charge in [0.1, 0.15) is 0 Å². The second-order valence-corrected chi connectivity index (χ2v) is 11.5. The molecule has 0 atom stereocenters. The van der Waals surface area contributed by atoms with Crippen LogP contribution in [0.25, 0.3) is 0 Å². The molecular formula is C29H26ClO2P. The highest BCUT2D eigenvalue weighted by atomic mass is 35.5. The number of halogens is 1. The van der Waals surface area contributed by atoms with Crippen LogP contribution in [-0.2, 0) is 16.0 Å². The number of rotatable bonds is 7. The molecule has 0 saturated heterocycles. The Balaban J connectivity index is 2.18. The summed E-state index contributed by atoms with van der Waals surface area (Å²) in [4.78, 5) is 13.7. The highest BCUT2D eigenvalue weighted by Crippen LogP contribution is 2.47. The molecule has 166 valence electrons. The Bertz CT molecular complexity index is 1170. The van der Waals surface area contributed by atoms with E-state index in [4.69, 9.17) is 16.3 Å². The molecule has 0 bridgehead atoms. The van der Waals surface area contributed by atoms with E-state index in [0.717, 1.165) is 26.8 Å². The first-order valence-corrected chi connectivity index (χ1v) is 13.2. The molecule has 0 aliphatic rings. The Morgan fingerprint density at radius 2 is 1.21 bits per heavy atom. The molecule has 4 heteroatoms. The minimum absolute atomic E-state index is 0.262. The summed E-state index contributed by atoms with van der Waals surface area (Å²) < 4.78 is 5.70. The second-order valence-electron chi connectivity index (χ2n) is 7.65. The number of hydrogen-bond acceptors (Lipinski definition) is 2. The summed E-state index contributed by atoms with van der Waals surface area (Å²) in [7, 11) is 0. The van der Waals surface area contributed by atoms with Crippen molar-refractivity contribution < 1.29 is 9.53 Å². The van der Waals surface area contributed by atoms with Gasteiger partial charge in [0.25, 0.3) is 0 Å². The highest BCUT2D eigenvalue weighted by molar-refractivity contribution is 7.96. The SMILES string of the molecule is CCOC(=O)C(Cc1cccc(Cl)c1)=P(c1ccccc1)(c1ccccc1)c1ccccc1. The van der Waals surface area contributed by atoms with E-state index in [9.17, 15) is 4.79 Å². The lowest BCUT2D eigenvalue weighted by Crippen LogP contribution is -2.35. The van der Waals surface area contributed by atoms with Crippen molar-refractivity contribution in [3.8, 4) is 0 Å². The van der Waals surface area contributed by atoms with Crippen molar-refractivity contribution in [3.05, 3.63) is 126 Å². The summed E-state index contributed by atoms with van der Waals surface area (Å²) in [5.74, 6) is -0.262. The van der Waals surface area contributed by atoms with Gasteiger partial charge in [-0.2, -0.15) is 0 Å². The van der Waals surface area contributed by atoms with Crippen LogP contribution in [0.1, 0.15) is 12.5 Å². The molecule has 0 aromatic heterocycles. The van der Waals surface area contributed by atoms with Gasteiger partial charge in [-0.05, 0) is 47.4 Å². The van der Waals surface area contributed by atoms with Gasteiger partial charge in [0.2, 0.25) is 0 Å². The lowest BCUT2D eigenvalue weighted by atomic mass is 10.1. The predicted molar refractivity (Wildman–Crippen MR) is 142 cm³/mol. The van der Waals surface area contributed by atoms with Gasteiger partial charge in [0.15, 0.2) is 0 Å². The van der Waals surface area contributed by atoms with Crippen molar-refractivity contribution in [2.24, 2.45) is 0 Å². The van der Waals surface area contributed by atoms with Crippen molar-refractivity contribution in [2.75, 3.05) is 6.61 Å². The zero-order chi connectivity index (χ0) is 23.1. The van der Waals surface area contributed by atoms with Gasteiger partial charge in [-0.3, -0.25) is 0 Å². The summed E-state index contributed by atoms with van der Waals surface area (Å²) in [6.07, 6.45) is 0.450. The van der Waals surface area contributed by atoms with Gasteiger partial charge >= 0.3 is 5.97 Å². The Hall–Kier alpha value is -3.06. The summed E-state index contributed by atoms with van der Waals surface area (Å²) in [6.45, 7) is -0.365. The molecule has 0 unspecified atom stereocenters. The normalized spacial score (nSPS) is 11.1. The van der Waals surface area contributed by atoms with Crippen LogP contribution >= 0.6 is 18.5 Å². The van der Waals surface area contributed by atoms with Crippen molar-refractivity contribution in [1.82, 2.24) is 0 Å². The van der Waals surface area contributed by atoms with Gasteiger partial charge in [-0.15, -0.1) is 0 Å². The molecule has 4 rings (SSSR count). The van der Waals surface area contributed by atoms with Crippen molar-refractivity contribution >= 4 is 45.7 Å². The summed E-state index contributed by atoms with van der Waals surface area (Å²) in [5.41, 5.74) is 0.984. The van der Waals surface area contributed by atoms with Crippen LogP contribution < -0.4 is 15.9 Å². The van der Waals surface area contributed by atoms with Gasteiger partial charge in [-0.25, -0.2) is 4.79 Å². The minimum Gasteiger partial charge on any atom is -0.463 e. The third-order valence-electron chi connectivity index (χ3n) is 5.61. The zero-order valence-electron chi connectivity index (χ0n) is 18.5. The maximum absolute atomic E-state index is 13.7. The van der Waals surface area contributed by atoms with E-state index in [1.807, 2.05) is 85.8 Å². The van der Waals surface area contributed by atoms with Gasteiger partial charge in [0, 0.05) is 11.4 Å². The summed E-state index contributed by atoms with van der Waals surface area (Å²) in [6, 6.07) is 38.8. The first-order valence-electron chi connectivity index (χ1n) is 11.0. The van der Waals surface area contributed by atoms with Gasteiger partial charge in [-0.1, -0.05) is 115 Å². The van der Waals surface area contributed by atoms with Crippen LogP contribution in [0.15, 0.2) is 115 Å². The molecule has 4 aromatic rings. The maximum Gasteiger partial charge on any atom is 0.335 e. The lowest BCUT2D eigenvalue weighted by Gasteiger charge is -2.32. The molecule has 33 heavy (non-hydrogen) atoms. The van der Waals surface area contributed by atoms with Gasteiger partial charge in [0.05, 0.1) is 11.9 Å². The number of carbonyl (C=O) groups is 1. The molecule has 0 aliphatic heterocycles. The first-order chi connectivity index (χ1) is 16.2.